The highest BCUT2D eigenvalue weighted by atomic mass is 35.5. The lowest BCUT2D eigenvalue weighted by Crippen LogP contribution is -2.36. The molecule has 1 saturated heterocycles. The summed E-state index contributed by atoms with van der Waals surface area (Å²) >= 11 is 5.71. The van der Waals surface area contributed by atoms with Gasteiger partial charge in [0.05, 0.1) is 5.92 Å². The molecule has 0 aliphatic carbocycles. The first-order chi connectivity index (χ1) is 7.81. The molecule has 0 radical (unpaired) electrons. The van der Waals surface area contributed by atoms with Crippen LogP contribution in [0.3, 0.4) is 0 Å². The van der Waals surface area contributed by atoms with Crippen LogP contribution in [-0.4, -0.2) is 47.2 Å². The minimum atomic E-state index is -4.39. The molecule has 0 spiro atoms. The van der Waals surface area contributed by atoms with Gasteiger partial charge in [0.15, 0.2) is 0 Å². The molecule has 1 fully saturated rings. The van der Waals surface area contributed by atoms with Gasteiger partial charge >= 0.3 is 6.18 Å². The fourth-order valence-electron chi connectivity index (χ4n) is 1.98. The number of carbonyl (C=O) groups excluding carboxylic acids is 1. The van der Waals surface area contributed by atoms with Crippen LogP contribution in [0.5, 0.6) is 0 Å². The van der Waals surface area contributed by atoms with E-state index in [-0.39, 0.29) is 6.54 Å². The summed E-state index contributed by atoms with van der Waals surface area (Å²) in [5.74, 6) is -3.09. The van der Waals surface area contributed by atoms with E-state index in [0.29, 0.717) is 6.42 Å². The van der Waals surface area contributed by atoms with Crippen molar-refractivity contribution in [2.75, 3.05) is 19.7 Å². The number of halogens is 4. The van der Waals surface area contributed by atoms with Crippen molar-refractivity contribution in [2.24, 2.45) is 11.8 Å². The third-order valence-corrected chi connectivity index (χ3v) is 3.53. The van der Waals surface area contributed by atoms with E-state index < -0.39 is 42.4 Å². The summed E-state index contributed by atoms with van der Waals surface area (Å²) in [5.41, 5.74) is 0. The van der Waals surface area contributed by atoms with Gasteiger partial charge in [0.2, 0.25) is 5.91 Å². The summed E-state index contributed by atoms with van der Waals surface area (Å²) in [6, 6.07) is 0. The van der Waals surface area contributed by atoms with E-state index in [2.05, 4.69) is 0 Å². The number of aliphatic hydroxyl groups excluding tert-OH is 1. The molecule has 1 aliphatic heterocycles. The molecule has 0 unspecified atom stereocenters. The Morgan fingerprint density at radius 1 is 1.53 bits per heavy atom. The lowest BCUT2D eigenvalue weighted by atomic mass is 9.97. The normalized spacial score (nSPS) is 27.3. The maximum absolute atomic E-state index is 12.6. The minimum absolute atomic E-state index is 0.0806. The lowest BCUT2D eigenvalue weighted by Gasteiger charge is -2.20. The molecule has 0 aromatic carbocycles. The molecule has 0 saturated carbocycles. The number of amides is 1. The quantitative estimate of drug-likeness (QED) is 0.794. The predicted octanol–water partition coefficient (Wildman–Crippen LogP) is 1.63. The summed E-state index contributed by atoms with van der Waals surface area (Å²) < 4.78 is 37.9. The fraction of sp³-hybridized carbons (Fsp3) is 0.900. The van der Waals surface area contributed by atoms with Crippen LogP contribution in [0.1, 0.15) is 13.3 Å². The smallest absolute Gasteiger partial charge is 0.393 e. The SMILES string of the molecule is CC[C@H](Cl)C(=O)N1C[C@H](CO)[C@H](C(F)(F)F)C1. The zero-order valence-electron chi connectivity index (χ0n) is 9.38. The van der Waals surface area contributed by atoms with E-state index in [4.69, 9.17) is 16.7 Å². The zero-order valence-corrected chi connectivity index (χ0v) is 10.1. The molecule has 17 heavy (non-hydrogen) atoms. The number of rotatable bonds is 3. The molecule has 1 heterocycles. The van der Waals surface area contributed by atoms with E-state index in [1.54, 1.807) is 6.92 Å². The number of hydrogen-bond donors (Lipinski definition) is 1. The maximum atomic E-state index is 12.6. The molecule has 3 nitrogen and oxygen atoms in total. The molecule has 1 amide bonds. The Balaban J connectivity index is 2.73. The Kier molecular flexibility index (Phi) is 4.66. The molecule has 0 bridgehead atoms. The highest BCUT2D eigenvalue weighted by Gasteiger charge is 2.50. The number of nitrogens with zero attached hydrogens (tertiary/aromatic N) is 1. The fourth-order valence-corrected chi connectivity index (χ4v) is 2.12. The van der Waals surface area contributed by atoms with Crippen LogP contribution < -0.4 is 0 Å². The van der Waals surface area contributed by atoms with Crippen LogP contribution in [0.4, 0.5) is 13.2 Å². The van der Waals surface area contributed by atoms with E-state index in [9.17, 15) is 18.0 Å². The van der Waals surface area contributed by atoms with Crippen molar-refractivity contribution < 1.29 is 23.1 Å². The van der Waals surface area contributed by atoms with Gasteiger partial charge in [-0.15, -0.1) is 11.6 Å². The van der Waals surface area contributed by atoms with Crippen molar-refractivity contribution in [1.29, 1.82) is 0 Å². The molecule has 0 aromatic rings. The van der Waals surface area contributed by atoms with Gasteiger partial charge in [-0.3, -0.25) is 4.79 Å². The van der Waals surface area contributed by atoms with Crippen molar-refractivity contribution in [1.82, 2.24) is 4.90 Å². The molecular weight excluding hydrogens is 259 g/mol. The second-order valence-electron chi connectivity index (χ2n) is 4.21. The molecule has 7 heteroatoms. The number of alkyl halides is 4. The molecule has 0 aromatic heterocycles. The van der Waals surface area contributed by atoms with Gasteiger partial charge in [-0.25, -0.2) is 0 Å². The predicted molar refractivity (Wildman–Crippen MR) is 56.6 cm³/mol. The maximum Gasteiger partial charge on any atom is 0.393 e. The van der Waals surface area contributed by atoms with Crippen LogP contribution in [0.25, 0.3) is 0 Å². The van der Waals surface area contributed by atoms with Gasteiger partial charge in [0.25, 0.3) is 0 Å². The van der Waals surface area contributed by atoms with Crippen LogP contribution in [-0.2, 0) is 4.79 Å². The first-order valence-corrected chi connectivity index (χ1v) is 5.85. The highest BCUT2D eigenvalue weighted by molar-refractivity contribution is 6.30. The number of aliphatic hydroxyl groups is 1. The Labute approximate surface area is 103 Å². The number of carbonyl (C=O) groups is 1. The second-order valence-corrected chi connectivity index (χ2v) is 4.74. The summed E-state index contributed by atoms with van der Waals surface area (Å²) in [5, 5.41) is 8.13. The van der Waals surface area contributed by atoms with Crippen LogP contribution in [0.2, 0.25) is 0 Å². The lowest BCUT2D eigenvalue weighted by molar-refractivity contribution is -0.183. The van der Waals surface area contributed by atoms with Crippen molar-refractivity contribution in [3.05, 3.63) is 0 Å². The highest BCUT2D eigenvalue weighted by Crippen LogP contribution is 2.37. The summed E-state index contributed by atoms with van der Waals surface area (Å²) in [4.78, 5) is 12.8. The second kappa shape index (κ2) is 5.44. The number of likely N-dealkylation sites (tertiary alicyclic amines) is 1. The Morgan fingerprint density at radius 2 is 2.12 bits per heavy atom. The third kappa shape index (κ3) is 3.25. The Morgan fingerprint density at radius 3 is 2.47 bits per heavy atom. The van der Waals surface area contributed by atoms with Crippen molar-refractivity contribution in [3.63, 3.8) is 0 Å². The molecular formula is C10H15ClF3NO2. The first kappa shape index (κ1) is 14.6. The van der Waals surface area contributed by atoms with Crippen molar-refractivity contribution >= 4 is 17.5 Å². The molecule has 1 N–H and O–H groups in total. The van der Waals surface area contributed by atoms with Crippen LogP contribution in [0.15, 0.2) is 0 Å². The standard InChI is InChI=1S/C10H15ClF3NO2/c1-2-8(11)9(17)15-3-6(5-16)7(4-15)10(12,13)14/h6-8,16H,2-5H2,1H3/t6-,7-,8+/m1/s1. The van der Waals surface area contributed by atoms with Gasteiger partial charge in [0.1, 0.15) is 5.38 Å². The summed E-state index contributed by atoms with van der Waals surface area (Å²) in [6.07, 6.45) is -4.02. The Bertz CT molecular complexity index is 285. The van der Waals surface area contributed by atoms with Gasteiger partial charge in [-0.1, -0.05) is 6.92 Å². The third-order valence-electron chi connectivity index (χ3n) is 3.03. The average Bonchev–Trinajstić information content (AvgIpc) is 2.70. The zero-order chi connectivity index (χ0) is 13.2. The minimum Gasteiger partial charge on any atom is -0.396 e. The van der Waals surface area contributed by atoms with Crippen LogP contribution in [0, 0.1) is 11.8 Å². The van der Waals surface area contributed by atoms with E-state index in [0.717, 1.165) is 4.90 Å². The van der Waals surface area contributed by atoms with Crippen LogP contribution >= 0.6 is 11.6 Å². The summed E-state index contributed by atoms with van der Waals surface area (Å²) in [6.45, 7) is 0.628. The largest absolute Gasteiger partial charge is 0.396 e. The van der Waals surface area contributed by atoms with E-state index in [1.807, 2.05) is 0 Å². The van der Waals surface area contributed by atoms with Gasteiger partial charge in [-0.05, 0) is 6.42 Å². The average molecular weight is 274 g/mol. The summed E-state index contributed by atoms with van der Waals surface area (Å²) in [7, 11) is 0. The topological polar surface area (TPSA) is 40.5 Å². The van der Waals surface area contributed by atoms with Gasteiger partial charge < -0.3 is 10.0 Å². The molecule has 3 atom stereocenters. The van der Waals surface area contributed by atoms with Crippen molar-refractivity contribution in [2.45, 2.75) is 24.9 Å². The Hall–Kier alpha value is -0.490. The van der Waals surface area contributed by atoms with Gasteiger partial charge in [0, 0.05) is 25.6 Å². The monoisotopic (exact) mass is 273 g/mol. The van der Waals surface area contributed by atoms with E-state index >= 15 is 0 Å². The molecule has 1 rings (SSSR count). The van der Waals surface area contributed by atoms with E-state index in [1.165, 1.54) is 0 Å². The first-order valence-electron chi connectivity index (χ1n) is 5.41. The number of hydrogen-bond acceptors (Lipinski definition) is 2. The van der Waals surface area contributed by atoms with Crippen molar-refractivity contribution in [3.8, 4) is 0 Å². The molecule has 1 aliphatic rings. The van der Waals surface area contributed by atoms with Gasteiger partial charge in [-0.2, -0.15) is 13.2 Å². The molecule has 100 valence electrons.